The van der Waals surface area contributed by atoms with Gasteiger partial charge in [0.2, 0.25) is 0 Å². The lowest BCUT2D eigenvalue weighted by Crippen LogP contribution is -1.71. The van der Waals surface area contributed by atoms with Crippen molar-refractivity contribution in [2.75, 3.05) is 6.54 Å². The van der Waals surface area contributed by atoms with Crippen LogP contribution in [0.15, 0.2) is 17.1 Å². The summed E-state index contributed by atoms with van der Waals surface area (Å²) in [5, 5.41) is 0. The molecule has 0 aromatic heterocycles. The van der Waals surface area contributed by atoms with Gasteiger partial charge in [-0.3, -0.25) is 0 Å². The number of hydrogen-bond acceptors (Lipinski definition) is 1. The maximum absolute atomic E-state index is 3.71. The zero-order chi connectivity index (χ0) is 6.24. The number of hydrogen-bond donors (Lipinski definition) is 0. The van der Waals surface area contributed by atoms with Crippen molar-refractivity contribution in [3.8, 4) is 0 Å². The van der Waals surface area contributed by atoms with E-state index < -0.39 is 0 Å². The molecule has 8 heavy (non-hydrogen) atoms. The highest BCUT2D eigenvalue weighted by Gasteiger charge is 1.71. The van der Waals surface area contributed by atoms with Gasteiger partial charge in [-0.15, -0.1) is 0 Å². The van der Waals surface area contributed by atoms with Gasteiger partial charge in [0.1, 0.15) is 0 Å². The average Bonchev–Trinajstić information content (AvgIpc) is 1.81. The molecule has 0 saturated carbocycles. The minimum Gasteiger partial charge on any atom is -0.301 e. The highest BCUT2D eigenvalue weighted by Crippen LogP contribution is 1.85. The summed E-state index contributed by atoms with van der Waals surface area (Å²) < 4.78 is 0. The van der Waals surface area contributed by atoms with Gasteiger partial charge in [-0.05, 0) is 19.6 Å². The smallest absolute Gasteiger partial charge is 0.0416 e. The Morgan fingerprint density at radius 1 is 1.50 bits per heavy atom. The van der Waals surface area contributed by atoms with Crippen LogP contribution in [0.1, 0.15) is 19.8 Å². The number of nitrogens with zero attached hydrogens (tertiary/aromatic N) is 1. The first-order chi connectivity index (χ1) is 3.91. The summed E-state index contributed by atoms with van der Waals surface area (Å²) in [5.41, 5.74) is 0. The summed E-state index contributed by atoms with van der Waals surface area (Å²) >= 11 is 0. The van der Waals surface area contributed by atoms with E-state index in [0.29, 0.717) is 0 Å². The average molecular weight is 111 g/mol. The lowest BCUT2D eigenvalue weighted by molar-refractivity contribution is 1.01. The van der Waals surface area contributed by atoms with Crippen LogP contribution in [0.4, 0.5) is 0 Å². The molecule has 0 aliphatic rings. The second-order valence-corrected chi connectivity index (χ2v) is 1.62. The third-order valence-corrected chi connectivity index (χ3v) is 0.856. The normalized spacial score (nSPS) is 10.1. The molecule has 1 nitrogen and oxygen atoms in total. The van der Waals surface area contributed by atoms with Crippen LogP contribution in [0.5, 0.6) is 0 Å². The minimum absolute atomic E-state index is 0.858. The monoisotopic (exact) mass is 111 g/mol. The Bertz CT molecular complexity index is 74.5. The van der Waals surface area contributed by atoms with E-state index in [1.165, 1.54) is 0 Å². The van der Waals surface area contributed by atoms with E-state index in [-0.39, 0.29) is 0 Å². The summed E-state index contributed by atoms with van der Waals surface area (Å²) in [6.07, 6.45) is 6.44. The molecule has 0 aliphatic carbocycles. The maximum Gasteiger partial charge on any atom is 0.0416 e. The molecule has 0 N–H and O–H groups in total. The minimum atomic E-state index is 0.858. The van der Waals surface area contributed by atoms with E-state index >= 15 is 0 Å². The first-order valence-electron chi connectivity index (χ1n) is 2.99. The highest BCUT2D eigenvalue weighted by atomic mass is 14.7. The molecule has 1 heteroatoms. The lowest BCUT2D eigenvalue weighted by Gasteiger charge is -1.82. The predicted molar refractivity (Wildman–Crippen MR) is 38.5 cm³/mol. The topological polar surface area (TPSA) is 12.4 Å². The van der Waals surface area contributed by atoms with Gasteiger partial charge in [-0.25, -0.2) is 0 Å². The zero-order valence-corrected chi connectivity index (χ0v) is 5.43. The Hall–Kier alpha value is -0.590. The van der Waals surface area contributed by atoms with Gasteiger partial charge >= 0.3 is 0 Å². The van der Waals surface area contributed by atoms with Crippen LogP contribution in [0.3, 0.4) is 0 Å². The maximum atomic E-state index is 3.71. The molecule has 0 saturated heterocycles. The van der Waals surface area contributed by atoms with Crippen molar-refractivity contribution in [3.05, 3.63) is 12.2 Å². The van der Waals surface area contributed by atoms with E-state index in [1.807, 2.05) is 0 Å². The largest absolute Gasteiger partial charge is 0.301 e. The summed E-state index contributed by atoms with van der Waals surface area (Å²) in [4.78, 5) is 3.71. The molecule has 0 spiro atoms. The van der Waals surface area contributed by atoms with Crippen LogP contribution in [-0.4, -0.2) is 13.3 Å². The van der Waals surface area contributed by atoms with E-state index in [9.17, 15) is 0 Å². The molecule has 0 aromatic carbocycles. The molecule has 0 aromatic rings. The molecule has 46 valence electrons. The van der Waals surface area contributed by atoms with E-state index in [1.54, 1.807) is 0 Å². The van der Waals surface area contributed by atoms with Crippen molar-refractivity contribution in [2.45, 2.75) is 19.8 Å². The van der Waals surface area contributed by atoms with E-state index in [4.69, 9.17) is 0 Å². The second kappa shape index (κ2) is 6.41. The van der Waals surface area contributed by atoms with Crippen LogP contribution in [0.2, 0.25) is 0 Å². The molecule has 0 fully saturated rings. The second-order valence-electron chi connectivity index (χ2n) is 1.62. The molecule has 0 amide bonds. The van der Waals surface area contributed by atoms with Crippen LogP contribution >= 0.6 is 0 Å². The molecule has 0 rings (SSSR count). The molecule has 0 aliphatic heterocycles. The third-order valence-electron chi connectivity index (χ3n) is 0.856. The van der Waals surface area contributed by atoms with Crippen molar-refractivity contribution in [2.24, 2.45) is 4.99 Å². The third kappa shape index (κ3) is 5.41. The molecule has 0 heterocycles. The highest BCUT2D eigenvalue weighted by molar-refractivity contribution is 5.23. The van der Waals surface area contributed by atoms with Gasteiger partial charge in [-0.1, -0.05) is 19.1 Å². The van der Waals surface area contributed by atoms with E-state index in [0.717, 1.165) is 19.4 Å². The Morgan fingerprint density at radius 3 is 2.75 bits per heavy atom. The molecule has 0 atom stereocenters. The van der Waals surface area contributed by atoms with Crippen molar-refractivity contribution in [1.82, 2.24) is 0 Å². The molecular weight excluding hydrogens is 98.1 g/mol. The summed E-state index contributed by atoms with van der Waals surface area (Å²) in [5.74, 6) is 0. The summed E-state index contributed by atoms with van der Waals surface area (Å²) in [7, 11) is 0. The van der Waals surface area contributed by atoms with Crippen molar-refractivity contribution in [3.63, 3.8) is 0 Å². The summed E-state index contributed by atoms with van der Waals surface area (Å²) in [6, 6.07) is 0. The Kier molecular flexibility index (Phi) is 5.94. The quantitative estimate of drug-likeness (QED) is 0.299. The van der Waals surface area contributed by atoms with Crippen LogP contribution in [-0.2, 0) is 0 Å². The van der Waals surface area contributed by atoms with Crippen molar-refractivity contribution < 1.29 is 0 Å². The Balaban J connectivity index is 2.90. The van der Waals surface area contributed by atoms with Crippen molar-refractivity contribution >= 4 is 6.72 Å². The van der Waals surface area contributed by atoms with Gasteiger partial charge in [-0.2, -0.15) is 0 Å². The fourth-order valence-corrected chi connectivity index (χ4v) is 0.450. The van der Waals surface area contributed by atoms with Crippen LogP contribution in [0, 0.1) is 0 Å². The van der Waals surface area contributed by atoms with Crippen molar-refractivity contribution in [1.29, 1.82) is 0 Å². The fraction of sp³-hybridized carbons (Fsp3) is 0.571. The lowest BCUT2D eigenvalue weighted by atomic mass is 10.3. The van der Waals surface area contributed by atoms with Gasteiger partial charge < -0.3 is 4.99 Å². The SMILES string of the molecule is C=NCC/C=C\CC. The first kappa shape index (κ1) is 7.41. The molecule has 0 unspecified atom stereocenters. The number of aliphatic imine (C=N–C) groups is 1. The number of allylic oxidation sites excluding steroid dienone is 1. The molecular formula is C7H13N. The first-order valence-corrected chi connectivity index (χ1v) is 2.99. The zero-order valence-electron chi connectivity index (χ0n) is 5.43. The van der Waals surface area contributed by atoms with Crippen LogP contribution < -0.4 is 0 Å². The van der Waals surface area contributed by atoms with E-state index in [2.05, 4.69) is 30.8 Å². The number of rotatable bonds is 4. The predicted octanol–water partition coefficient (Wildman–Crippen LogP) is 2.04. The Morgan fingerprint density at radius 2 is 2.25 bits per heavy atom. The van der Waals surface area contributed by atoms with Gasteiger partial charge in [0.15, 0.2) is 0 Å². The van der Waals surface area contributed by atoms with Gasteiger partial charge in [0.25, 0.3) is 0 Å². The summed E-state index contributed by atoms with van der Waals surface area (Å²) in [6.45, 7) is 6.35. The van der Waals surface area contributed by atoms with Gasteiger partial charge in [0, 0.05) is 6.54 Å². The molecule has 0 bridgehead atoms. The fourth-order valence-electron chi connectivity index (χ4n) is 0.450. The Labute approximate surface area is 51.1 Å². The standard InChI is InChI=1S/C7H13N/c1-3-4-5-6-7-8-2/h4-5H,2-3,6-7H2,1H3/b5-4-. The molecule has 0 radical (unpaired) electrons. The van der Waals surface area contributed by atoms with Crippen LogP contribution in [0.25, 0.3) is 0 Å². The van der Waals surface area contributed by atoms with Gasteiger partial charge in [0.05, 0.1) is 0 Å².